The molecule has 1 aromatic carbocycles. The normalized spacial score (nSPS) is 19.6. The highest BCUT2D eigenvalue weighted by Crippen LogP contribution is 2.35. The number of anilines is 1. The maximum absolute atomic E-state index is 7.46. The van der Waals surface area contributed by atoms with Crippen LogP contribution in [0.2, 0.25) is 0 Å². The third-order valence-electron chi connectivity index (χ3n) is 3.64. The molecule has 0 radical (unpaired) electrons. The van der Waals surface area contributed by atoms with Gasteiger partial charge in [0.05, 0.1) is 5.69 Å². The highest BCUT2D eigenvalue weighted by atomic mass is 79.9. The molecule has 0 aromatic heterocycles. The molecule has 0 saturated carbocycles. The molecule has 1 aliphatic rings. The SMILES string of the molecule is CC(C)C1CCCN1c1ccc(C(=N)N)cc1Br. The van der Waals surface area contributed by atoms with Gasteiger partial charge >= 0.3 is 0 Å². The second kappa shape index (κ2) is 5.31. The summed E-state index contributed by atoms with van der Waals surface area (Å²) in [5.74, 6) is 0.774. The molecule has 2 rings (SSSR count). The molecule has 3 nitrogen and oxygen atoms in total. The second-order valence-corrected chi connectivity index (χ2v) is 6.08. The highest BCUT2D eigenvalue weighted by Gasteiger charge is 2.28. The fraction of sp³-hybridized carbons (Fsp3) is 0.500. The van der Waals surface area contributed by atoms with E-state index in [1.54, 1.807) is 0 Å². The molecular weight excluding hydrogens is 290 g/mol. The minimum absolute atomic E-state index is 0.115. The van der Waals surface area contributed by atoms with E-state index in [9.17, 15) is 0 Å². The van der Waals surface area contributed by atoms with E-state index >= 15 is 0 Å². The molecule has 1 saturated heterocycles. The van der Waals surface area contributed by atoms with Crippen LogP contribution in [0.3, 0.4) is 0 Å². The van der Waals surface area contributed by atoms with Gasteiger partial charge in [-0.3, -0.25) is 5.41 Å². The minimum Gasteiger partial charge on any atom is -0.384 e. The smallest absolute Gasteiger partial charge is 0.122 e. The number of nitrogens with one attached hydrogen (secondary N) is 1. The number of nitrogens with two attached hydrogens (primary N) is 1. The zero-order valence-electron chi connectivity index (χ0n) is 10.9. The van der Waals surface area contributed by atoms with E-state index in [0.717, 1.165) is 16.6 Å². The molecule has 0 amide bonds. The van der Waals surface area contributed by atoms with Gasteiger partial charge in [-0.05, 0) is 52.9 Å². The molecule has 0 aliphatic carbocycles. The molecule has 1 atom stereocenters. The summed E-state index contributed by atoms with van der Waals surface area (Å²) in [6, 6.07) is 6.55. The van der Waals surface area contributed by atoms with Crippen LogP contribution in [0.1, 0.15) is 32.3 Å². The molecular formula is C14H20BrN3. The first-order valence-corrected chi connectivity index (χ1v) is 7.20. The van der Waals surface area contributed by atoms with Gasteiger partial charge in [-0.2, -0.15) is 0 Å². The molecule has 3 N–H and O–H groups in total. The average Bonchev–Trinajstić information content (AvgIpc) is 2.77. The van der Waals surface area contributed by atoms with Gasteiger partial charge in [-0.15, -0.1) is 0 Å². The third-order valence-corrected chi connectivity index (χ3v) is 4.27. The quantitative estimate of drug-likeness (QED) is 0.664. The zero-order valence-corrected chi connectivity index (χ0v) is 12.5. The number of rotatable bonds is 3. The summed E-state index contributed by atoms with van der Waals surface area (Å²) in [5.41, 5.74) is 7.50. The first kappa shape index (κ1) is 13.4. The molecule has 1 unspecified atom stereocenters. The molecule has 98 valence electrons. The summed E-state index contributed by atoms with van der Waals surface area (Å²) >= 11 is 3.61. The van der Waals surface area contributed by atoms with Crippen LogP contribution in [-0.4, -0.2) is 18.4 Å². The van der Waals surface area contributed by atoms with Crippen molar-refractivity contribution in [2.24, 2.45) is 11.7 Å². The minimum atomic E-state index is 0.115. The Hall–Kier alpha value is -1.03. The van der Waals surface area contributed by atoms with E-state index in [1.807, 2.05) is 12.1 Å². The summed E-state index contributed by atoms with van der Waals surface area (Å²) in [4.78, 5) is 2.47. The predicted molar refractivity (Wildman–Crippen MR) is 80.4 cm³/mol. The molecule has 1 aliphatic heterocycles. The van der Waals surface area contributed by atoms with Crippen LogP contribution >= 0.6 is 15.9 Å². The average molecular weight is 310 g/mol. The number of nitrogen functional groups attached to an aromatic ring is 1. The van der Waals surface area contributed by atoms with Crippen molar-refractivity contribution in [2.75, 3.05) is 11.4 Å². The van der Waals surface area contributed by atoms with Gasteiger partial charge in [0.2, 0.25) is 0 Å². The van der Waals surface area contributed by atoms with Crippen molar-refractivity contribution in [1.82, 2.24) is 0 Å². The number of nitrogens with zero attached hydrogens (tertiary/aromatic N) is 1. The number of benzene rings is 1. The first-order chi connectivity index (χ1) is 8.50. The summed E-state index contributed by atoms with van der Waals surface area (Å²) in [5, 5.41) is 7.46. The van der Waals surface area contributed by atoms with Gasteiger partial charge in [0.25, 0.3) is 0 Å². The van der Waals surface area contributed by atoms with E-state index < -0.39 is 0 Å². The van der Waals surface area contributed by atoms with Gasteiger partial charge in [0.15, 0.2) is 0 Å². The Labute approximate surface area is 117 Å². The Morgan fingerprint density at radius 1 is 1.50 bits per heavy atom. The fourth-order valence-corrected chi connectivity index (χ4v) is 3.30. The standard InChI is InChI=1S/C14H20BrN3/c1-9(2)12-4-3-7-18(12)13-6-5-10(14(16)17)8-11(13)15/h5-6,8-9,12H,3-4,7H2,1-2H3,(H3,16,17). The van der Waals surface area contributed by atoms with Crippen molar-refractivity contribution in [1.29, 1.82) is 5.41 Å². The van der Waals surface area contributed by atoms with Crippen LogP contribution in [0, 0.1) is 11.3 Å². The van der Waals surface area contributed by atoms with Crippen LogP contribution in [0.4, 0.5) is 5.69 Å². The topological polar surface area (TPSA) is 53.1 Å². The summed E-state index contributed by atoms with van der Waals surface area (Å²) in [7, 11) is 0. The largest absolute Gasteiger partial charge is 0.384 e. The van der Waals surface area contributed by atoms with Crippen LogP contribution in [-0.2, 0) is 0 Å². The van der Waals surface area contributed by atoms with Crippen molar-refractivity contribution in [2.45, 2.75) is 32.7 Å². The molecule has 1 fully saturated rings. The van der Waals surface area contributed by atoms with Crippen molar-refractivity contribution in [3.05, 3.63) is 28.2 Å². The Morgan fingerprint density at radius 2 is 2.22 bits per heavy atom. The fourth-order valence-electron chi connectivity index (χ4n) is 2.69. The van der Waals surface area contributed by atoms with Crippen molar-refractivity contribution < 1.29 is 0 Å². The lowest BCUT2D eigenvalue weighted by atomic mass is 10.0. The van der Waals surface area contributed by atoms with Crippen LogP contribution < -0.4 is 10.6 Å². The Balaban J connectivity index is 2.31. The summed E-state index contributed by atoms with van der Waals surface area (Å²) in [6.45, 7) is 5.67. The van der Waals surface area contributed by atoms with E-state index in [-0.39, 0.29) is 5.84 Å². The Kier molecular flexibility index (Phi) is 3.95. The van der Waals surface area contributed by atoms with E-state index in [4.69, 9.17) is 11.1 Å². The Bertz CT molecular complexity index is 456. The molecule has 0 spiro atoms. The second-order valence-electron chi connectivity index (χ2n) is 5.23. The number of amidine groups is 1. The van der Waals surface area contributed by atoms with Crippen molar-refractivity contribution in [3.8, 4) is 0 Å². The van der Waals surface area contributed by atoms with Gasteiger partial charge in [0, 0.05) is 22.6 Å². The van der Waals surface area contributed by atoms with Crippen molar-refractivity contribution >= 4 is 27.5 Å². The van der Waals surface area contributed by atoms with Gasteiger partial charge in [-0.25, -0.2) is 0 Å². The number of hydrogen-bond donors (Lipinski definition) is 2. The Morgan fingerprint density at radius 3 is 2.78 bits per heavy atom. The lowest BCUT2D eigenvalue weighted by Crippen LogP contribution is -2.33. The van der Waals surface area contributed by atoms with Crippen LogP contribution in [0.5, 0.6) is 0 Å². The number of hydrogen-bond acceptors (Lipinski definition) is 2. The van der Waals surface area contributed by atoms with E-state index in [2.05, 4.69) is 40.7 Å². The van der Waals surface area contributed by atoms with Crippen LogP contribution in [0.25, 0.3) is 0 Å². The molecule has 4 heteroatoms. The lowest BCUT2D eigenvalue weighted by Gasteiger charge is -2.30. The van der Waals surface area contributed by atoms with Crippen LogP contribution in [0.15, 0.2) is 22.7 Å². The summed E-state index contributed by atoms with van der Waals surface area (Å²) in [6.07, 6.45) is 2.52. The molecule has 1 heterocycles. The maximum atomic E-state index is 7.46. The number of halogens is 1. The van der Waals surface area contributed by atoms with E-state index in [0.29, 0.717) is 12.0 Å². The third kappa shape index (κ3) is 2.53. The maximum Gasteiger partial charge on any atom is 0.122 e. The van der Waals surface area contributed by atoms with Gasteiger partial charge in [0.1, 0.15) is 5.84 Å². The summed E-state index contributed by atoms with van der Waals surface area (Å²) < 4.78 is 1.03. The molecule has 0 bridgehead atoms. The van der Waals surface area contributed by atoms with Gasteiger partial charge in [-0.1, -0.05) is 13.8 Å². The van der Waals surface area contributed by atoms with Crippen molar-refractivity contribution in [3.63, 3.8) is 0 Å². The zero-order chi connectivity index (χ0) is 13.3. The predicted octanol–water partition coefficient (Wildman–Crippen LogP) is 3.36. The highest BCUT2D eigenvalue weighted by molar-refractivity contribution is 9.10. The van der Waals surface area contributed by atoms with Gasteiger partial charge < -0.3 is 10.6 Å². The lowest BCUT2D eigenvalue weighted by molar-refractivity contribution is 0.491. The monoisotopic (exact) mass is 309 g/mol. The molecule has 18 heavy (non-hydrogen) atoms. The van der Waals surface area contributed by atoms with E-state index in [1.165, 1.54) is 18.5 Å². The molecule has 1 aromatic rings. The first-order valence-electron chi connectivity index (χ1n) is 6.41.